The molecule has 1 aromatic carbocycles. The largest absolute Gasteiger partial charge is 0.311 e. The van der Waals surface area contributed by atoms with Crippen LogP contribution in [0, 0.1) is 5.92 Å². The molecule has 0 radical (unpaired) electrons. The van der Waals surface area contributed by atoms with E-state index in [0.717, 1.165) is 24.5 Å². The fourth-order valence-electron chi connectivity index (χ4n) is 2.08. The summed E-state index contributed by atoms with van der Waals surface area (Å²) in [5, 5.41) is 11.6. The quantitative estimate of drug-likeness (QED) is 0.878. The van der Waals surface area contributed by atoms with Crippen molar-refractivity contribution in [2.75, 3.05) is 6.54 Å². The molecule has 0 aliphatic rings. The molecule has 0 aliphatic heterocycles. The number of hydrogen-bond acceptors (Lipinski definition) is 3. The maximum Gasteiger partial charge on any atom is 0.0783 e. The van der Waals surface area contributed by atoms with E-state index in [1.54, 1.807) is 0 Å². The van der Waals surface area contributed by atoms with E-state index in [-0.39, 0.29) is 0 Å². The van der Waals surface area contributed by atoms with Crippen molar-refractivity contribution in [3.63, 3.8) is 0 Å². The standard InChI is InChI=1S/C16H24N4/c1-12(2)9-17-10-16-11-18-19-20(16)15-7-5-14(6-8-15)13(3)4/h5-8,11-13,17H,9-10H2,1-4H3. The lowest BCUT2D eigenvalue weighted by Crippen LogP contribution is -2.20. The molecular weight excluding hydrogens is 248 g/mol. The van der Waals surface area contributed by atoms with Crippen LogP contribution in [0.1, 0.15) is 44.9 Å². The minimum absolute atomic E-state index is 0.548. The molecule has 2 rings (SSSR count). The second kappa shape index (κ2) is 6.66. The van der Waals surface area contributed by atoms with E-state index in [1.165, 1.54) is 5.56 Å². The first-order chi connectivity index (χ1) is 9.58. The van der Waals surface area contributed by atoms with Gasteiger partial charge in [-0.25, -0.2) is 4.68 Å². The van der Waals surface area contributed by atoms with Gasteiger partial charge >= 0.3 is 0 Å². The molecule has 0 atom stereocenters. The summed E-state index contributed by atoms with van der Waals surface area (Å²) in [5.41, 5.74) is 3.49. The molecule has 0 saturated heterocycles. The smallest absolute Gasteiger partial charge is 0.0783 e. The van der Waals surface area contributed by atoms with Gasteiger partial charge in [0.1, 0.15) is 0 Å². The molecule has 0 unspecified atom stereocenters. The zero-order valence-corrected chi connectivity index (χ0v) is 12.8. The third-order valence-corrected chi connectivity index (χ3v) is 3.28. The van der Waals surface area contributed by atoms with Crippen molar-refractivity contribution in [3.8, 4) is 5.69 Å². The summed E-state index contributed by atoms with van der Waals surface area (Å²) in [7, 11) is 0. The van der Waals surface area contributed by atoms with Gasteiger partial charge in [0, 0.05) is 6.54 Å². The van der Waals surface area contributed by atoms with Gasteiger partial charge in [0.05, 0.1) is 17.6 Å². The summed E-state index contributed by atoms with van der Waals surface area (Å²) in [6.07, 6.45) is 1.82. The maximum atomic E-state index is 4.19. The van der Waals surface area contributed by atoms with Gasteiger partial charge in [-0.05, 0) is 36.1 Å². The van der Waals surface area contributed by atoms with Crippen molar-refractivity contribution in [2.24, 2.45) is 5.92 Å². The molecule has 0 aliphatic carbocycles. The molecule has 1 aromatic heterocycles. The maximum absolute atomic E-state index is 4.19. The molecule has 0 bridgehead atoms. The number of aromatic nitrogens is 3. The topological polar surface area (TPSA) is 42.7 Å². The predicted octanol–water partition coefficient (Wildman–Crippen LogP) is 3.14. The van der Waals surface area contributed by atoms with Crippen LogP contribution < -0.4 is 5.32 Å². The van der Waals surface area contributed by atoms with Gasteiger partial charge in [-0.3, -0.25) is 0 Å². The predicted molar refractivity (Wildman–Crippen MR) is 82.0 cm³/mol. The van der Waals surface area contributed by atoms with Gasteiger partial charge in [-0.1, -0.05) is 45.0 Å². The van der Waals surface area contributed by atoms with E-state index in [9.17, 15) is 0 Å². The zero-order valence-electron chi connectivity index (χ0n) is 12.8. The van der Waals surface area contributed by atoms with Crippen LogP contribution in [0.3, 0.4) is 0 Å². The van der Waals surface area contributed by atoms with Crippen LogP contribution >= 0.6 is 0 Å². The SMILES string of the molecule is CC(C)CNCc1cnnn1-c1ccc(C(C)C)cc1. The molecule has 4 heteroatoms. The van der Waals surface area contributed by atoms with Crippen LogP contribution in [0.4, 0.5) is 0 Å². The summed E-state index contributed by atoms with van der Waals surface area (Å²) in [4.78, 5) is 0. The first-order valence-corrected chi connectivity index (χ1v) is 7.28. The third kappa shape index (κ3) is 3.67. The Morgan fingerprint density at radius 2 is 1.80 bits per heavy atom. The van der Waals surface area contributed by atoms with Crippen molar-refractivity contribution in [2.45, 2.75) is 40.2 Å². The van der Waals surface area contributed by atoms with Gasteiger partial charge < -0.3 is 5.32 Å². The van der Waals surface area contributed by atoms with Gasteiger partial charge in [0.2, 0.25) is 0 Å². The average Bonchev–Trinajstić information content (AvgIpc) is 2.87. The Morgan fingerprint density at radius 3 is 2.40 bits per heavy atom. The molecular formula is C16H24N4. The summed E-state index contributed by atoms with van der Waals surface area (Å²) >= 11 is 0. The summed E-state index contributed by atoms with van der Waals surface area (Å²) in [5.74, 6) is 1.19. The Morgan fingerprint density at radius 1 is 1.10 bits per heavy atom. The second-order valence-corrected chi connectivity index (χ2v) is 5.91. The van der Waals surface area contributed by atoms with Crippen molar-refractivity contribution >= 4 is 0 Å². The van der Waals surface area contributed by atoms with E-state index < -0.39 is 0 Å². The summed E-state index contributed by atoms with van der Waals surface area (Å²) < 4.78 is 1.90. The van der Waals surface area contributed by atoms with E-state index in [0.29, 0.717) is 11.8 Å². The third-order valence-electron chi connectivity index (χ3n) is 3.28. The van der Waals surface area contributed by atoms with Crippen LogP contribution in [-0.4, -0.2) is 21.5 Å². The summed E-state index contributed by atoms with van der Waals surface area (Å²) in [6.45, 7) is 10.6. The lowest BCUT2D eigenvalue weighted by atomic mass is 10.0. The average molecular weight is 272 g/mol. The minimum atomic E-state index is 0.548. The van der Waals surface area contributed by atoms with Crippen LogP contribution in [0.5, 0.6) is 0 Å². The second-order valence-electron chi connectivity index (χ2n) is 5.91. The Labute approximate surface area is 121 Å². The fraction of sp³-hybridized carbons (Fsp3) is 0.500. The molecule has 0 amide bonds. The van der Waals surface area contributed by atoms with E-state index in [4.69, 9.17) is 0 Å². The Hall–Kier alpha value is -1.68. The first kappa shape index (κ1) is 14.7. The molecule has 0 saturated carbocycles. The van der Waals surface area contributed by atoms with Crippen molar-refractivity contribution in [3.05, 3.63) is 41.7 Å². The summed E-state index contributed by atoms with van der Waals surface area (Å²) in [6, 6.07) is 8.53. The van der Waals surface area contributed by atoms with Crippen molar-refractivity contribution in [1.29, 1.82) is 0 Å². The molecule has 2 aromatic rings. The van der Waals surface area contributed by atoms with E-state index in [2.05, 4.69) is 67.6 Å². The number of rotatable bonds is 6. The molecule has 20 heavy (non-hydrogen) atoms. The zero-order chi connectivity index (χ0) is 14.5. The van der Waals surface area contributed by atoms with Gasteiger partial charge in [-0.15, -0.1) is 5.10 Å². The number of benzene rings is 1. The van der Waals surface area contributed by atoms with Crippen molar-refractivity contribution < 1.29 is 0 Å². The molecule has 0 spiro atoms. The normalized spacial score (nSPS) is 11.5. The highest BCUT2D eigenvalue weighted by molar-refractivity contribution is 5.35. The fourth-order valence-corrected chi connectivity index (χ4v) is 2.08. The lowest BCUT2D eigenvalue weighted by Gasteiger charge is -2.10. The highest BCUT2D eigenvalue weighted by Crippen LogP contribution is 2.17. The lowest BCUT2D eigenvalue weighted by molar-refractivity contribution is 0.542. The van der Waals surface area contributed by atoms with Crippen LogP contribution in [0.2, 0.25) is 0 Å². The number of hydrogen-bond donors (Lipinski definition) is 1. The molecule has 1 heterocycles. The van der Waals surface area contributed by atoms with E-state index >= 15 is 0 Å². The van der Waals surface area contributed by atoms with Gasteiger partial charge in [0.15, 0.2) is 0 Å². The van der Waals surface area contributed by atoms with Crippen LogP contribution in [0.15, 0.2) is 30.5 Å². The van der Waals surface area contributed by atoms with E-state index in [1.807, 2.05) is 10.9 Å². The molecule has 1 N–H and O–H groups in total. The first-order valence-electron chi connectivity index (χ1n) is 7.28. The highest BCUT2D eigenvalue weighted by Gasteiger charge is 2.07. The van der Waals surface area contributed by atoms with Gasteiger partial charge in [-0.2, -0.15) is 0 Å². The monoisotopic (exact) mass is 272 g/mol. The number of nitrogens with zero attached hydrogens (tertiary/aromatic N) is 3. The Kier molecular flexibility index (Phi) is 4.90. The number of nitrogens with one attached hydrogen (secondary N) is 1. The Bertz CT molecular complexity index is 526. The van der Waals surface area contributed by atoms with Crippen molar-refractivity contribution in [1.82, 2.24) is 20.3 Å². The molecule has 0 fully saturated rings. The molecule has 108 valence electrons. The van der Waals surface area contributed by atoms with Crippen LogP contribution in [-0.2, 0) is 6.54 Å². The van der Waals surface area contributed by atoms with Crippen LogP contribution in [0.25, 0.3) is 5.69 Å². The highest BCUT2D eigenvalue weighted by atomic mass is 15.4. The minimum Gasteiger partial charge on any atom is -0.311 e. The van der Waals surface area contributed by atoms with Gasteiger partial charge in [0.25, 0.3) is 0 Å². The molecule has 4 nitrogen and oxygen atoms in total. The Balaban J connectivity index is 2.10.